The van der Waals surface area contributed by atoms with Crippen molar-refractivity contribution in [3.8, 4) is 0 Å². The summed E-state index contributed by atoms with van der Waals surface area (Å²) in [6, 6.07) is 8.09. The molecule has 0 radical (unpaired) electrons. The summed E-state index contributed by atoms with van der Waals surface area (Å²) < 4.78 is 0. The first kappa shape index (κ1) is 7.50. The quantitative estimate of drug-likeness (QED) is 0.581. The van der Waals surface area contributed by atoms with Gasteiger partial charge in [-0.3, -0.25) is 4.98 Å². The monoisotopic (exact) mass is 183 g/mol. The lowest BCUT2D eigenvalue weighted by Gasteiger charge is -1.99. The van der Waals surface area contributed by atoms with Crippen molar-refractivity contribution in [1.29, 1.82) is 0 Å². The second-order valence-corrected chi connectivity index (χ2v) is 3.38. The fourth-order valence-corrected chi connectivity index (χ4v) is 1.72. The number of nitrogens with one attached hydrogen (secondary N) is 1. The number of hydrogen-bond donors (Lipinski definition) is 1. The Morgan fingerprint density at radius 3 is 2.86 bits per heavy atom. The number of imidazole rings is 1. The van der Waals surface area contributed by atoms with Crippen molar-refractivity contribution < 1.29 is 0 Å². The average molecular weight is 183 g/mol. The van der Waals surface area contributed by atoms with Gasteiger partial charge in [-0.05, 0) is 31.2 Å². The first-order valence-electron chi connectivity index (χ1n) is 4.54. The van der Waals surface area contributed by atoms with Gasteiger partial charge in [0.25, 0.3) is 0 Å². The van der Waals surface area contributed by atoms with Crippen molar-refractivity contribution in [3.63, 3.8) is 0 Å². The fraction of sp³-hybridized carbons (Fsp3) is 0.0909. The molecule has 68 valence electrons. The van der Waals surface area contributed by atoms with Crippen LogP contribution in [-0.2, 0) is 0 Å². The maximum Gasteiger partial charge on any atom is 0.0932 e. The number of benzene rings is 1. The van der Waals surface area contributed by atoms with Crippen molar-refractivity contribution in [2.24, 2.45) is 0 Å². The van der Waals surface area contributed by atoms with Crippen LogP contribution in [0.4, 0.5) is 0 Å². The average Bonchev–Trinajstić information content (AvgIpc) is 2.65. The SMILES string of the molecule is Cc1ccc2c(ccc3nc[nH]c32)n1. The predicted molar refractivity (Wildman–Crippen MR) is 56.1 cm³/mol. The molecule has 0 bridgehead atoms. The maximum atomic E-state index is 4.46. The van der Waals surface area contributed by atoms with Crippen LogP contribution in [0.3, 0.4) is 0 Å². The largest absolute Gasteiger partial charge is 0.344 e. The van der Waals surface area contributed by atoms with Crippen LogP contribution < -0.4 is 0 Å². The van der Waals surface area contributed by atoms with Gasteiger partial charge in [-0.1, -0.05) is 0 Å². The van der Waals surface area contributed by atoms with E-state index in [1.807, 2.05) is 25.1 Å². The Morgan fingerprint density at radius 1 is 1.07 bits per heavy atom. The van der Waals surface area contributed by atoms with Gasteiger partial charge in [0, 0.05) is 11.1 Å². The number of aromatic amines is 1. The van der Waals surface area contributed by atoms with Crippen molar-refractivity contribution in [2.45, 2.75) is 6.92 Å². The summed E-state index contributed by atoms with van der Waals surface area (Å²) in [5.74, 6) is 0. The lowest BCUT2D eigenvalue weighted by atomic mass is 10.2. The Kier molecular flexibility index (Phi) is 1.36. The number of hydrogen-bond acceptors (Lipinski definition) is 2. The highest BCUT2D eigenvalue weighted by molar-refractivity contribution is 6.02. The lowest BCUT2D eigenvalue weighted by Crippen LogP contribution is -1.83. The molecule has 2 aromatic heterocycles. The normalized spacial score (nSPS) is 11.2. The van der Waals surface area contributed by atoms with E-state index >= 15 is 0 Å². The maximum absolute atomic E-state index is 4.46. The molecule has 0 spiro atoms. The van der Waals surface area contributed by atoms with Crippen LogP contribution in [-0.4, -0.2) is 15.0 Å². The molecular weight excluding hydrogens is 174 g/mol. The second kappa shape index (κ2) is 2.54. The molecule has 3 aromatic rings. The van der Waals surface area contributed by atoms with Crippen LogP contribution in [0.1, 0.15) is 5.69 Å². The number of aromatic nitrogens is 3. The minimum Gasteiger partial charge on any atom is -0.344 e. The summed E-state index contributed by atoms with van der Waals surface area (Å²) in [5, 5.41) is 1.13. The summed E-state index contributed by atoms with van der Waals surface area (Å²) >= 11 is 0. The van der Waals surface area contributed by atoms with E-state index in [2.05, 4.69) is 21.0 Å². The number of nitrogens with zero attached hydrogens (tertiary/aromatic N) is 2. The molecule has 0 amide bonds. The molecule has 3 rings (SSSR count). The molecule has 0 aliphatic carbocycles. The first-order valence-corrected chi connectivity index (χ1v) is 4.54. The Hall–Kier alpha value is -1.90. The van der Waals surface area contributed by atoms with E-state index in [-0.39, 0.29) is 0 Å². The molecule has 3 heteroatoms. The van der Waals surface area contributed by atoms with E-state index in [1.54, 1.807) is 6.33 Å². The third-order valence-electron chi connectivity index (χ3n) is 2.40. The third-order valence-corrected chi connectivity index (χ3v) is 2.40. The Bertz CT molecular complexity index is 610. The van der Waals surface area contributed by atoms with Gasteiger partial charge < -0.3 is 4.98 Å². The van der Waals surface area contributed by atoms with Gasteiger partial charge in [0.1, 0.15) is 0 Å². The Labute approximate surface area is 80.8 Å². The molecule has 1 N–H and O–H groups in total. The van der Waals surface area contributed by atoms with Gasteiger partial charge in [-0.2, -0.15) is 0 Å². The van der Waals surface area contributed by atoms with Gasteiger partial charge in [0.15, 0.2) is 0 Å². The first-order chi connectivity index (χ1) is 6.84. The van der Waals surface area contributed by atoms with Crippen molar-refractivity contribution in [2.75, 3.05) is 0 Å². The molecule has 2 heterocycles. The summed E-state index contributed by atoms with van der Waals surface area (Å²) in [6.45, 7) is 2.00. The van der Waals surface area contributed by atoms with Gasteiger partial charge in [0.05, 0.1) is 22.9 Å². The van der Waals surface area contributed by atoms with Crippen molar-refractivity contribution >= 4 is 21.9 Å². The van der Waals surface area contributed by atoms with Crippen molar-refractivity contribution in [3.05, 3.63) is 36.3 Å². The Balaban J connectivity index is 2.57. The summed E-state index contributed by atoms with van der Waals surface area (Å²) in [5.41, 5.74) is 4.11. The molecule has 0 aliphatic rings. The second-order valence-electron chi connectivity index (χ2n) is 3.38. The van der Waals surface area contributed by atoms with Gasteiger partial charge in [-0.25, -0.2) is 4.98 Å². The minimum absolute atomic E-state index is 0.989. The number of pyridine rings is 1. The summed E-state index contributed by atoms with van der Waals surface area (Å²) in [4.78, 5) is 11.8. The van der Waals surface area contributed by atoms with Gasteiger partial charge in [0.2, 0.25) is 0 Å². The molecule has 0 atom stereocenters. The molecule has 14 heavy (non-hydrogen) atoms. The molecule has 1 aromatic carbocycles. The topological polar surface area (TPSA) is 41.6 Å². The summed E-state index contributed by atoms with van der Waals surface area (Å²) in [6.07, 6.45) is 1.71. The number of aryl methyl sites for hydroxylation is 1. The molecule has 3 nitrogen and oxygen atoms in total. The summed E-state index contributed by atoms with van der Waals surface area (Å²) in [7, 11) is 0. The zero-order valence-corrected chi connectivity index (χ0v) is 7.78. The van der Waals surface area contributed by atoms with Gasteiger partial charge in [-0.15, -0.1) is 0 Å². The fourth-order valence-electron chi connectivity index (χ4n) is 1.72. The molecule has 0 unspecified atom stereocenters. The van der Waals surface area contributed by atoms with E-state index < -0.39 is 0 Å². The molecule has 0 saturated carbocycles. The Morgan fingerprint density at radius 2 is 1.93 bits per heavy atom. The molecule has 0 saturated heterocycles. The molecule has 0 fully saturated rings. The van der Waals surface area contributed by atoms with Crippen LogP contribution in [0, 0.1) is 6.92 Å². The van der Waals surface area contributed by atoms with Crippen LogP contribution in [0.5, 0.6) is 0 Å². The van der Waals surface area contributed by atoms with E-state index in [0.717, 1.165) is 27.6 Å². The van der Waals surface area contributed by atoms with E-state index in [9.17, 15) is 0 Å². The van der Waals surface area contributed by atoms with Gasteiger partial charge >= 0.3 is 0 Å². The van der Waals surface area contributed by atoms with Crippen LogP contribution in [0.2, 0.25) is 0 Å². The van der Waals surface area contributed by atoms with Crippen molar-refractivity contribution in [1.82, 2.24) is 15.0 Å². The highest BCUT2D eigenvalue weighted by Gasteiger charge is 2.02. The number of fused-ring (bicyclic) bond motifs is 3. The lowest BCUT2D eigenvalue weighted by molar-refractivity contribution is 1.26. The molecule has 0 aliphatic heterocycles. The zero-order valence-electron chi connectivity index (χ0n) is 7.78. The highest BCUT2D eigenvalue weighted by atomic mass is 14.9. The molecular formula is C11H9N3. The third kappa shape index (κ3) is 0.923. The minimum atomic E-state index is 0.989. The number of rotatable bonds is 0. The van der Waals surface area contributed by atoms with Crippen LogP contribution >= 0.6 is 0 Å². The van der Waals surface area contributed by atoms with Crippen LogP contribution in [0.15, 0.2) is 30.6 Å². The van der Waals surface area contributed by atoms with E-state index in [1.165, 1.54) is 0 Å². The smallest absolute Gasteiger partial charge is 0.0932 e. The zero-order chi connectivity index (χ0) is 9.54. The predicted octanol–water partition coefficient (Wildman–Crippen LogP) is 2.42. The highest BCUT2D eigenvalue weighted by Crippen LogP contribution is 2.21. The van der Waals surface area contributed by atoms with E-state index in [4.69, 9.17) is 0 Å². The standard InChI is InChI=1S/C11H9N3/c1-7-2-3-8-9(14-7)4-5-10-11(8)13-6-12-10/h2-6H,1H3,(H,12,13). The number of H-pyrrole nitrogens is 1. The van der Waals surface area contributed by atoms with E-state index in [0.29, 0.717) is 0 Å². The van der Waals surface area contributed by atoms with Crippen LogP contribution in [0.25, 0.3) is 21.9 Å².